The maximum absolute atomic E-state index is 13.6. The Labute approximate surface area is 118 Å². The third-order valence-electron chi connectivity index (χ3n) is 2.48. The van der Waals surface area contributed by atoms with Crippen molar-refractivity contribution in [2.24, 2.45) is 0 Å². The molecule has 0 saturated heterocycles. The Balaban J connectivity index is 2.40. The van der Waals surface area contributed by atoms with E-state index in [1.165, 1.54) is 6.07 Å². The van der Waals surface area contributed by atoms with Gasteiger partial charge in [-0.1, -0.05) is 0 Å². The van der Waals surface area contributed by atoms with Crippen LogP contribution >= 0.6 is 0 Å². The molecule has 0 radical (unpaired) electrons. The van der Waals surface area contributed by atoms with Crippen LogP contribution in [-0.4, -0.2) is 13.4 Å². The van der Waals surface area contributed by atoms with Gasteiger partial charge in [0.25, 0.3) is 10.0 Å². The number of benzene rings is 1. The van der Waals surface area contributed by atoms with E-state index in [0.717, 1.165) is 18.3 Å². The Morgan fingerprint density at radius 1 is 1.29 bits per heavy atom. The molecule has 0 fully saturated rings. The zero-order valence-electron chi connectivity index (χ0n) is 10.3. The number of sulfonamides is 1. The number of anilines is 2. The van der Waals surface area contributed by atoms with E-state index in [2.05, 4.69) is 4.98 Å². The molecule has 21 heavy (non-hydrogen) atoms. The van der Waals surface area contributed by atoms with Crippen molar-refractivity contribution in [3.63, 3.8) is 0 Å². The maximum Gasteiger partial charge on any atom is 0.263 e. The molecular weight excluding hydrogens is 302 g/mol. The molecule has 108 valence electrons. The van der Waals surface area contributed by atoms with Crippen LogP contribution in [0.15, 0.2) is 35.4 Å². The van der Waals surface area contributed by atoms with Crippen LogP contribution in [0.5, 0.6) is 0 Å². The van der Waals surface area contributed by atoms with Crippen molar-refractivity contribution in [1.82, 2.24) is 4.98 Å². The van der Waals surface area contributed by atoms with Crippen LogP contribution in [0.25, 0.3) is 0 Å². The van der Waals surface area contributed by atoms with Crippen LogP contribution in [0.4, 0.5) is 20.2 Å². The Hall–Kier alpha value is -2.73. The van der Waals surface area contributed by atoms with Crippen LogP contribution in [0.3, 0.4) is 0 Å². The van der Waals surface area contributed by atoms with E-state index >= 15 is 0 Å². The molecule has 6 nitrogen and oxygen atoms in total. The molecule has 0 aliphatic rings. The van der Waals surface area contributed by atoms with Gasteiger partial charge in [-0.3, -0.25) is 4.72 Å². The first-order chi connectivity index (χ1) is 9.83. The first-order valence-corrected chi connectivity index (χ1v) is 6.95. The molecule has 0 atom stereocenters. The minimum absolute atomic E-state index is 0.0291. The van der Waals surface area contributed by atoms with Crippen molar-refractivity contribution in [3.8, 4) is 6.07 Å². The number of pyridine rings is 1. The second-order valence-corrected chi connectivity index (χ2v) is 5.63. The van der Waals surface area contributed by atoms with Gasteiger partial charge in [0.1, 0.15) is 28.2 Å². The van der Waals surface area contributed by atoms with E-state index in [9.17, 15) is 17.2 Å². The molecule has 0 saturated carbocycles. The van der Waals surface area contributed by atoms with Crippen molar-refractivity contribution >= 4 is 21.4 Å². The Kier molecular flexibility index (Phi) is 3.73. The van der Waals surface area contributed by atoms with Crippen molar-refractivity contribution in [3.05, 3.63) is 47.8 Å². The fourth-order valence-electron chi connectivity index (χ4n) is 1.50. The van der Waals surface area contributed by atoms with Gasteiger partial charge in [-0.25, -0.2) is 22.2 Å². The summed E-state index contributed by atoms with van der Waals surface area (Å²) in [4.78, 5) is 3.31. The van der Waals surface area contributed by atoms with Gasteiger partial charge in [-0.15, -0.1) is 0 Å². The van der Waals surface area contributed by atoms with Gasteiger partial charge < -0.3 is 5.73 Å². The molecule has 0 bridgehead atoms. The lowest BCUT2D eigenvalue weighted by Gasteiger charge is -2.11. The normalized spacial score (nSPS) is 10.9. The van der Waals surface area contributed by atoms with Crippen molar-refractivity contribution in [2.75, 3.05) is 10.5 Å². The van der Waals surface area contributed by atoms with Crippen molar-refractivity contribution in [2.45, 2.75) is 4.90 Å². The first-order valence-electron chi connectivity index (χ1n) is 5.47. The number of hydrogen-bond acceptors (Lipinski definition) is 5. The molecule has 0 unspecified atom stereocenters. The molecule has 0 aliphatic carbocycles. The highest BCUT2D eigenvalue weighted by Gasteiger charge is 2.19. The van der Waals surface area contributed by atoms with E-state index in [1.54, 1.807) is 6.07 Å². The van der Waals surface area contributed by atoms with Crippen molar-refractivity contribution < 1.29 is 17.2 Å². The SMILES string of the molecule is N#Cc1ccc(S(=O)(=O)Nc2c(N)cc(F)cc2F)cn1. The lowest BCUT2D eigenvalue weighted by molar-refractivity contribution is 0.583. The molecule has 1 aromatic heterocycles. The number of nitriles is 1. The molecule has 2 aromatic rings. The lowest BCUT2D eigenvalue weighted by atomic mass is 10.2. The highest BCUT2D eigenvalue weighted by molar-refractivity contribution is 7.92. The van der Waals surface area contributed by atoms with E-state index in [0.29, 0.717) is 6.07 Å². The molecule has 0 spiro atoms. The molecule has 0 aliphatic heterocycles. The topological polar surface area (TPSA) is 109 Å². The summed E-state index contributed by atoms with van der Waals surface area (Å²) < 4.78 is 52.5. The summed E-state index contributed by atoms with van der Waals surface area (Å²) in [6, 6.07) is 5.35. The molecular formula is C12H8F2N4O2S. The molecule has 2 rings (SSSR count). The number of nitrogens with zero attached hydrogens (tertiary/aromatic N) is 2. The highest BCUT2D eigenvalue weighted by atomic mass is 32.2. The molecule has 9 heteroatoms. The standard InChI is InChI=1S/C12H8F2N4O2S/c13-7-3-10(14)12(11(16)4-7)18-21(19,20)9-2-1-8(5-15)17-6-9/h1-4,6,18H,16H2. The second-order valence-electron chi connectivity index (χ2n) is 3.95. The van der Waals surface area contributed by atoms with Gasteiger partial charge in [0.2, 0.25) is 0 Å². The third kappa shape index (κ3) is 3.06. The van der Waals surface area contributed by atoms with Crippen molar-refractivity contribution in [1.29, 1.82) is 5.26 Å². The van der Waals surface area contributed by atoms with Crippen LogP contribution < -0.4 is 10.5 Å². The predicted molar refractivity (Wildman–Crippen MR) is 70.5 cm³/mol. The number of halogens is 2. The monoisotopic (exact) mass is 310 g/mol. The van der Waals surface area contributed by atoms with Crippen LogP contribution in [0.1, 0.15) is 5.69 Å². The predicted octanol–water partition coefficient (Wildman–Crippen LogP) is 1.61. The number of rotatable bonds is 3. The zero-order valence-corrected chi connectivity index (χ0v) is 11.2. The quantitative estimate of drug-likeness (QED) is 0.837. The van der Waals surface area contributed by atoms with E-state index in [1.807, 2.05) is 4.72 Å². The minimum atomic E-state index is -4.16. The number of nitrogens with one attached hydrogen (secondary N) is 1. The Morgan fingerprint density at radius 2 is 2.00 bits per heavy atom. The third-order valence-corrected chi connectivity index (χ3v) is 3.82. The van der Waals surface area contributed by atoms with Gasteiger partial charge in [0.15, 0.2) is 5.82 Å². The van der Waals surface area contributed by atoms with Gasteiger partial charge in [-0.2, -0.15) is 5.26 Å². The Morgan fingerprint density at radius 3 is 2.52 bits per heavy atom. The number of nitrogens with two attached hydrogens (primary N) is 1. The van der Waals surface area contributed by atoms with Crippen LogP contribution in [0, 0.1) is 23.0 Å². The summed E-state index contributed by atoms with van der Waals surface area (Å²) in [6.45, 7) is 0. The van der Waals surface area contributed by atoms with Gasteiger partial charge in [0.05, 0.1) is 5.69 Å². The average Bonchev–Trinajstić information content (AvgIpc) is 2.43. The van der Waals surface area contributed by atoms with Crippen LogP contribution in [-0.2, 0) is 10.0 Å². The number of nitrogen functional groups attached to an aromatic ring is 1. The van der Waals surface area contributed by atoms with Gasteiger partial charge in [0, 0.05) is 12.3 Å². The summed E-state index contributed by atoms with van der Waals surface area (Å²) >= 11 is 0. The molecule has 3 N–H and O–H groups in total. The second kappa shape index (κ2) is 5.34. The maximum atomic E-state index is 13.6. The smallest absolute Gasteiger partial charge is 0.263 e. The van der Waals surface area contributed by atoms with E-state index < -0.39 is 33.0 Å². The molecule has 1 heterocycles. The summed E-state index contributed by atoms with van der Waals surface area (Å²) in [5.41, 5.74) is 4.47. The average molecular weight is 310 g/mol. The minimum Gasteiger partial charge on any atom is -0.397 e. The fraction of sp³-hybridized carbons (Fsp3) is 0. The van der Waals surface area contributed by atoms with Gasteiger partial charge in [-0.05, 0) is 18.2 Å². The number of aromatic nitrogens is 1. The zero-order chi connectivity index (χ0) is 15.6. The fourth-order valence-corrected chi connectivity index (χ4v) is 2.54. The highest BCUT2D eigenvalue weighted by Crippen LogP contribution is 2.26. The summed E-state index contributed by atoms with van der Waals surface area (Å²) in [6.07, 6.45) is 0.943. The van der Waals surface area contributed by atoms with E-state index in [-0.39, 0.29) is 10.6 Å². The first kappa shape index (κ1) is 14.7. The summed E-state index contributed by atoms with van der Waals surface area (Å²) in [7, 11) is -4.16. The summed E-state index contributed by atoms with van der Waals surface area (Å²) in [5, 5.41) is 8.59. The van der Waals surface area contributed by atoms with E-state index in [4.69, 9.17) is 11.0 Å². The lowest BCUT2D eigenvalue weighted by Crippen LogP contribution is -2.16. The van der Waals surface area contributed by atoms with Crippen LogP contribution in [0.2, 0.25) is 0 Å². The largest absolute Gasteiger partial charge is 0.397 e. The number of hydrogen-bond donors (Lipinski definition) is 2. The summed E-state index contributed by atoms with van der Waals surface area (Å²) in [5.74, 6) is -2.06. The molecule has 1 aromatic carbocycles. The Bertz CT molecular complexity index is 806. The van der Waals surface area contributed by atoms with Gasteiger partial charge >= 0.3 is 0 Å². The molecule has 0 amide bonds.